The van der Waals surface area contributed by atoms with Crippen molar-refractivity contribution in [2.75, 3.05) is 17.2 Å². The predicted molar refractivity (Wildman–Crippen MR) is 58.9 cm³/mol. The Kier molecular flexibility index (Phi) is 4.51. The van der Waals surface area contributed by atoms with E-state index in [0.717, 1.165) is 0 Å². The quantitative estimate of drug-likeness (QED) is 0.659. The number of rotatable bonds is 5. The molecule has 0 radical (unpaired) electrons. The summed E-state index contributed by atoms with van der Waals surface area (Å²) in [6.07, 6.45) is -0.127. The number of anilines is 2. The van der Waals surface area contributed by atoms with Gasteiger partial charge in [0.15, 0.2) is 0 Å². The van der Waals surface area contributed by atoms with Crippen LogP contribution in [0, 0.1) is 0 Å². The van der Waals surface area contributed by atoms with Crippen LogP contribution in [-0.2, 0) is 0 Å². The highest BCUT2D eigenvalue weighted by atomic mass is 35.5. The van der Waals surface area contributed by atoms with Crippen molar-refractivity contribution >= 4 is 23.5 Å². The van der Waals surface area contributed by atoms with Crippen LogP contribution in [0.5, 0.6) is 0 Å². The summed E-state index contributed by atoms with van der Waals surface area (Å²) in [4.78, 5) is 11.7. The van der Waals surface area contributed by atoms with E-state index < -0.39 is 6.23 Å². The Morgan fingerprint density at radius 3 is 2.53 bits per heavy atom. The van der Waals surface area contributed by atoms with Gasteiger partial charge in [-0.2, -0.15) is 15.0 Å². The number of hydrogen-bond donors (Lipinski definition) is 3. The summed E-state index contributed by atoms with van der Waals surface area (Å²) in [5.41, 5.74) is 0. The first-order valence-corrected chi connectivity index (χ1v) is 5.13. The topological polar surface area (TPSA) is 83.0 Å². The van der Waals surface area contributed by atoms with Crippen molar-refractivity contribution < 1.29 is 5.11 Å². The van der Waals surface area contributed by atoms with Gasteiger partial charge in [-0.25, -0.2) is 0 Å². The van der Waals surface area contributed by atoms with Gasteiger partial charge >= 0.3 is 0 Å². The van der Waals surface area contributed by atoms with E-state index in [4.69, 9.17) is 11.6 Å². The standard InChI is InChI=1S/C8H14ClN5O/c1-3-5(15)11-8-13-6(9)12-7(14-8)10-4-2/h5,15H,3-4H2,1-2H3,(H2,10,11,12,13,14). The SMILES string of the molecule is CCNc1nc(Cl)nc(NC(O)CC)n1. The lowest BCUT2D eigenvalue weighted by Crippen LogP contribution is -2.19. The Labute approximate surface area is 93.1 Å². The number of aliphatic hydroxyl groups excluding tert-OH is 1. The molecule has 15 heavy (non-hydrogen) atoms. The molecule has 1 aromatic rings. The number of aliphatic hydroxyl groups is 1. The summed E-state index contributed by atoms with van der Waals surface area (Å²) < 4.78 is 0. The predicted octanol–water partition coefficient (Wildman–Crippen LogP) is 1.10. The molecule has 3 N–H and O–H groups in total. The van der Waals surface area contributed by atoms with E-state index in [1.807, 2.05) is 13.8 Å². The molecule has 0 saturated heterocycles. The van der Waals surface area contributed by atoms with Gasteiger partial charge in [-0.05, 0) is 24.9 Å². The fourth-order valence-electron chi connectivity index (χ4n) is 0.903. The molecular weight excluding hydrogens is 218 g/mol. The third kappa shape index (κ3) is 3.85. The van der Waals surface area contributed by atoms with Crippen LogP contribution in [0.15, 0.2) is 0 Å². The van der Waals surface area contributed by atoms with Crippen LogP contribution in [-0.4, -0.2) is 32.8 Å². The highest BCUT2D eigenvalue weighted by Crippen LogP contribution is 2.10. The van der Waals surface area contributed by atoms with Crippen molar-refractivity contribution in [1.29, 1.82) is 0 Å². The van der Waals surface area contributed by atoms with Gasteiger partial charge in [0.25, 0.3) is 0 Å². The van der Waals surface area contributed by atoms with Gasteiger partial charge in [0.05, 0.1) is 0 Å². The summed E-state index contributed by atoms with van der Waals surface area (Å²) in [5.74, 6) is 0.656. The van der Waals surface area contributed by atoms with Crippen molar-refractivity contribution in [3.05, 3.63) is 5.28 Å². The van der Waals surface area contributed by atoms with Crippen molar-refractivity contribution in [1.82, 2.24) is 15.0 Å². The highest BCUT2D eigenvalue weighted by Gasteiger charge is 2.06. The van der Waals surface area contributed by atoms with Gasteiger partial charge in [-0.15, -0.1) is 0 Å². The third-order valence-corrected chi connectivity index (χ3v) is 1.79. The lowest BCUT2D eigenvalue weighted by atomic mass is 10.4. The van der Waals surface area contributed by atoms with E-state index in [2.05, 4.69) is 25.6 Å². The van der Waals surface area contributed by atoms with Crippen molar-refractivity contribution in [3.8, 4) is 0 Å². The molecule has 1 rings (SSSR count). The molecule has 0 fully saturated rings. The average Bonchev–Trinajstić information content (AvgIpc) is 2.17. The van der Waals surface area contributed by atoms with E-state index >= 15 is 0 Å². The fourth-order valence-corrected chi connectivity index (χ4v) is 1.06. The molecular formula is C8H14ClN5O. The number of halogens is 1. The lowest BCUT2D eigenvalue weighted by molar-refractivity contribution is 0.198. The van der Waals surface area contributed by atoms with Gasteiger partial charge in [0.2, 0.25) is 17.2 Å². The van der Waals surface area contributed by atoms with Crippen molar-refractivity contribution in [3.63, 3.8) is 0 Å². The van der Waals surface area contributed by atoms with Crippen LogP contribution in [0.2, 0.25) is 5.28 Å². The summed E-state index contributed by atoms with van der Waals surface area (Å²) >= 11 is 5.69. The molecule has 6 nitrogen and oxygen atoms in total. The molecule has 1 atom stereocenters. The van der Waals surface area contributed by atoms with E-state index in [1.165, 1.54) is 0 Å². The monoisotopic (exact) mass is 231 g/mol. The third-order valence-electron chi connectivity index (χ3n) is 1.63. The highest BCUT2D eigenvalue weighted by molar-refractivity contribution is 6.28. The molecule has 0 amide bonds. The lowest BCUT2D eigenvalue weighted by Gasteiger charge is -2.10. The second kappa shape index (κ2) is 5.67. The Hall–Kier alpha value is -1.14. The van der Waals surface area contributed by atoms with Gasteiger partial charge in [0, 0.05) is 6.54 Å². The molecule has 7 heteroatoms. The molecule has 1 unspecified atom stereocenters. The van der Waals surface area contributed by atoms with Gasteiger partial charge in [-0.3, -0.25) is 0 Å². The molecule has 0 aliphatic rings. The Morgan fingerprint density at radius 2 is 1.93 bits per heavy atom. The average molecular weight is 232 g/mol. The van der Waals surface area contributed by atoms with Crippen LogP contribution in [0.1, 0.15) is 20.3 Å². The molecule has 1 aromatic heterocycles. The maximum atomic E-state index is 9.35. The zero-order valence-corrected chi connectivity index (χ0v) is 9.41. The van der Waals surface area contributed by atoms with E-state index in [0.29, 0.717) is 18.9 Å². The first-order valence-electron chi connectivity index (χ1n) is 4.75. The number of aromatic nitrogens is 3. The molecule has 0 aromatic carbocycles. The Bertz CT molecular complexity index is 322. The minimum Gasteiger partial charge on any atom is -0.374 e. The molecule has 0 bridgehead atoms. The zero-order chi connectivity index (χ0) is 11.3. The molecule has 0 aliphatic carbocycles. The van der Waals surface area contributed by atoms with E-state index in [1.54, 1.807) is 0 Å². The maximum absolute atomic E-state index is 9.35. The largest absolute Gasteiger partial charge is 0.374 e. The second-order valence-electron chi connectivity index (χ2n) is 2.85. The smallest absolute Gasteiger partial charge is 0.230 e. The second-order valence-corrected chi connectivity index (χ2v) is 3.19. The summed E-state index contributed by atoms with van der Waals surface area (Å²) in [5, 5.41) is 15.0. The fraction of sp³-hybridized carbons (Fsp3) is 0.625. The van der Waals surface area contributed by atoms with Crippen molar-refractivity contribution in [2.24, 2.45) is 0 Å². The first-order chi connectivity index (χ1) is 7.15. The number of nitrogens with zero attached hydrogens (tertiary/aromatic N) is 3. The summed E-state index contributed by atoms with van der Waals surface area (Å²) in [7, 11) is 0. The van der Waals surface area contributed by atoms with Crippen LogP contribution >= 0.6 is 11.6 Å². The first kappa shape index (κ1) is 11.9. The Morgan fingerprint density at radius 1 is 1.27 bits per heavy atom. The molecule has 0 spiro atoms. The maximum Gasteiger partial charge on any atom is 0.230 e. The van der Waals surface area contributed by atoms with Crippen LogP contribution in [0.3, 0.4) is 0 Å². The van der Waals surface area contributed by atoms with Gasteiger partial charge in [0.1, 0.15) is 6.23 Å². The van der Waals surface area contributed by atoms with E-state index in [9.17, 15) is 5.11 Å². The van der Waals surface area contributed by atoms with E-state index in [-0.39, 0.29) is 11.2 Å². The normalized spacial score (nSPS) is 12.3. The van der Waals surface area contributed by atoms with Crippen LogP contribution < -0.4 is 10.6 Å². The zero-order valence-electron chi connectivity index (χ0n) is 8.66. The number of nitrogens with one attached hydrogen (secondary N) is 2. The number of hydrogen-bond acceptors (Lipinski definition) is 6. The minimum atomic E-state index is -0.682. The summed E-state index contributed by atoms with van der Waals surface area (Å²) in [6, 6.07) is 0. The van der Waals surface area contributed by atoms with Gasteiger partial charge < -0.3 is 15.7 Å². The molecule has 0 saturated carbocycles. The Balaban J connectivity index is 2.78. The molecule has 1 heterocycles. The van der Waals surface area contributed by atoms with Crippen molar-refractivity contribution in [2.45, 2.75) is 26.5 Å². The molecule has 0 aliphatic heterocycles. The van der Waals surface area contributed by atoms with Gasteiger partial charge in [-0.1, -0.05) is 6.92 Å². The van der Waals surface area contributed by atoms with Crippen LogP contribution in [0.25, 0.3) is 0 Å². The van der Waals surface area contributed by atoms with Crippen LogP contribution in [0.4, 0.5) is 11.9 Å². The molecule has 84 valence electrons. The summed E-state index contributed by atoms with van der Waals surface area (Å²) in [6.45, 7) is 4.45. The minimum absolute atomic E-state index is 0.0896.